The number of Topliss-reactive ketones (excluding diaryl/α,β-unsaturated/α-hetero) is 1. The minimum atomic E-state index is -0.900. The normalized spacial score (nSPS) is 23.9. The molecular formula is C28H21N3O5. The van der Waals surface area contributed by atoms with Gasteiger partial charge in [-0.2, -0.15) is 0 Å². The Morgan fingerprint density at radius 3 is 2.25 bits per heavy atom. The first-order valence-corrected chi connectivity index (χ1v) is 11.7. The number of fused-ring (bicyclic) bond motifs is 5. The predicted molar refractivity (Wildman–Crippen MR) is 130 cm³/mol. The fourth-order valence-electron chi connectivity index (χ4n) is 5.76. The highest BCUT2D eigenvalue weighted by atomic mass is 16.6. The highest BCUT2D eigenvalue weighted by molar-refractivity contribution is 6.12. The summed E-state index contributed by atoms with van der Waals surface area (Å²) in [5.41, 5.74) is 2.82. The molecule has 0 unspecified atom stereocenters. The van der Waals surface area contributed by atoms with Crippen molar-refractivity contribution in [2.75, 3.05) is 0 Å². The van der Waals surface area contributed by atoms with Crippen LogP contribution in [0.3, 0.4) is 0 Å². The van der Waals surface area contributed by atoms with E-state index in [0.717, 1.165) is 16.7 Å². The molecule has 2 fully saturated rings. The fraction of sp³-hybridized carbons (Fsp3) is 0.179. The molecule has 0 aliphatic carbocycles. The number of ketones is 1. The summed E-state index contributed by atoms with van der Waals surface area (Å²) >= 11 is 0. The third kappa shape index (κ3) is 3.25. The standard InChI is InChI=1S/C28H21N3O5/c32-26(19-10-12-20(13-11-19)31(35)36)25-23-22(24-21-9-5-4-8-18(21)14-15-29(24)25)27(33)30(28(23)34)16-17-6-2-1-3-7-17/h1-15,22-25H,16H2/t22-,23+,24+,25+/m1/s1. The van der Waals surface area contributed by atoms with Gasteiger partial charge in [0.1, 0.15) is 6.04 Å². The molecule has 3 aromatic carbocycles. The summed E-state index contributed by atoms with van der Waals surface area (Å²) in [6, 6.07) is 21.0. The molecule has 3 heterocycles. The SMILES string of the molecule is O=C(c1ccc([N+](=O)[O-])cc1)[C@@H]1[C@H]2C(=O)N(Cc3ccccc3)C(=O)[C@H]2[C@@H]2c3ccccc3C=CN12. The van der Waals surface area contributed by atoms with Crippen LogP contribution in [0, 0.1) is 22.0 Å². The average molecular weight is 479 g/mol. The van der Waals surface area contributed by atoms with E-state index in [9.17, 15) is 24.5 Å². The van der Waals surface area contributed by atoms with E-state index in [2.05, 4.69) is 0 Å². The summed E-state index contributed by atoms with van der Waals surface area (Å²) in [5.74, 6) is -2.56. The Balaban J connectivity index is 1.43. The van der Waals surface area contributed by atoms with E-state index < -0.39 is 28.8 Å². The molecule has 0 radical (unpaired) electrons. The third-order valence-electron chi connectivity index (χ3n) is 7.37. The largest absolute Gasteiger partial charge is 0.358 e. The predicted octanol–water partition coefficient (Wildman–Crippen LogP) is 3.99. The van der Waals surface area contributed by atoms with Crippen LogP contribution in [0.1, 0.15) is 33.1 Å². The van der Waals surface area contributed by atoms with Gasteiger partial charge in [-0.05, 0) is 34.9 Å². The summed E-state index contributed by atoms with van der Waals surface area (Å²) < 4.78 is 0. The number of hydrogen-bond donors (Lipinski definition) is 0. The van der Waals surface area contributed by atoms with Crippen LogP contribution in [0.25, 0.3) is 6.08 Å². The molecule has 36 heavy (non-hydrogen) atoms. The number of hydrogen-bond acceptors (Lipinski definition) is 6. The molecule has 6 rings (SSSR count). The number of nitrogens with zero attached hydrogens (tertiary/aromatic N) is 3. The molecule has 0 spiro atoms. The van der Waals surface area contributed by atoms with Gasteiger partial charge in [-0.1, -0.05) is 54.6 Å². The Morgan fingerprint density at radius 1 is 0.861 bits per heavy atom. The van der Waals surface area contributed by atoms with E-state index in [-0.39, 0.29) is 35.4 Å². The van der Waals surface area contributed by atoms with Crippen LogP contribution in [0.5, 0.6) is 0 Å². The maximum atomic E-state index is 13.8. The topological polar surface area (TPSA) is 101 Å². The van der Waals surface area contributed by atoms with Gasteiger partial charge in [0.15, 0.2) is 5.78 Å². The van der Waals surface area contributed by atoms with E-state index >= 15 is 0 Å². The fourth-order valence-corrected chi connectivity index (χ4v) is 5.76. The van der Waals surface area contributed by atoms with E-state index in [4.69, 9.17) is 0 Å². The number of nitro groups is 1. The van der Waals surface area contributed by atoms with E-state index in [0.29, 0.717) is 0 Å². The molecule has 2 amide bonds. The lowest BCUT2D eigenvalue weighted by Crippen LogP contribution is -2.44. The number of nitro benzene ring substituents is 1. The minimum absolute atomic E-state index is 0.123. The summed E-state index contributed by atoms with van der Waals surface area (Å²) in [6.45, 7) is 0.147. The maximum absolute atomic E-state index is 13.8. The minimum Gasteiger partial charge on any atom is -0.358 e. The maximum Gasteiger partial charge on any atom is 0.269 e. The summed E-state index contributed by atoms with van der Waals surface area (Å²) in [5, 5.41) is 11.1. The third-order valence-corrected chi connectivity index (χ3v) is 7.37. The Kier molecular flexibility index (Phi) is 5.03. The smallest absolute Gasteiger partial charge is 0.269 e. The zero-order chi connectivity index (χ0) is 25.0. The number of carbonyl (C=O) groups is 3. The molecule has 2 saturated heterocycles. The number of carbonyl (C=O) groups excluding carboxylic acids is 3. The van der Waals surface area contributed by atoms with Crippen LogP contribution >= 0.6 is 0 Å². The molecule has 3 aromatic rings. The summed E-state index contributed by atoms with van der Waals surface area (Å²) in [4.78, 5) is 55.0. The van der Waals surface area contributed by atoms with E-state index in [1.165, 1.54) is 29.2 Å². The number of likely N-dealkylation sites (tertiary alicyclic amines) is 1. The zero-order valence-electron chi connectivity index (χ0n) is 19.1. The Morgan fingerprint density at radius 2 is 1.53 bits per heavy atom. The molecule has 0 saturated carbocycles. The van der Waals surface area contributed by atoms with Crippen molar-refractivity contribution in [3.8, 4) is 0 Å². The second kappa shape index (κ2) is 8.27. The Bertz CT molecular complexity index is 1430. The Labute approximate surface area is 206 Å². The monoisotopic (exact) mass is 479 g/mol. The van der Waals surface area contributed by atoms with Gasteiger partial charge in [-0.15, -0.1) is 0 Å². The van der Waals surface area contributed by atoms with Crippen LogP contribution in [0.2, 0.25) is 0 Å². The van der Waals surface area contributed by atoms with Crippen molar-refractivity contribution in [1.82, 2.24) is 9.80 Å². The molecular weight excluding hydrogens is 458 g/mol. The van der Waals surface area contributed by atoms with Gasteiger partial charge in [0, 0.05) is 23.9 Å². The summed E-state index contributed by atoms with van der Waals surface area (Å²) in [6.07, 6.45) is 3.68. The van der Waals surface area contributed by atoms with Crippen LogP contribution in [-0.4, -0.2) is 38.4 Å². The number of rotatable bonds is 5. The lowest BCUT2D eigenvalue weighted by molar-refractivity contribution is -0.384. The van der Waals surface area contributed by atoms with Gasteiger partial charge < -0.3 is 4.90 Å². The van der Waals surface area contributed by atoms with Crippen molar-refractivity contribution in [3.05, 3.63) is 117 Å². The second-order valence-corrected chi connectivity index (χ2v) is 9.25. The van der Waals surface area contributed by atoms with E-state index in [1.54, 1.807) is 6.20 Å². The van der Waals surface area contributed by atoms with Crippen molar-refractivity contribution in [1.29, 1.82) is 0 Å². The molecule has 4 atom stereocenters. The molecule has 0 N–H and O–H groups in total. The Hall–Kier alpha value is -4.59. The zero-order valence-corrected chi connectivity index (χ0v) is 19.1. The molecule has 3 aliphatic rings. The first-order valence-electron chi connectivity index (χ1n) is 11.7. The van der Waals surface area contributed by atoms with Gasteiger partial charge in [0.2, 0.25) is 11.8 Å². The molecule has 3 aliphatic heterocycles. The van der Waals surface area contributed by atoms with Gasteiger partial charge >= 0.3 is 0 Å². The second-order valence-electron chi connectivity index (χ2n) is 9.25. The molecule has 8 nitrogen and oxygen atoms in total. The number of amides is 2. The highest BCUT2D eigenvalue weighted by Gasteiger charge is 2.64. The van der Waals surface area contributed by atoms with Crippen molar-refractivity contribution in [3.63, 3.8) is 0 Å². The number of benzene rings is 3. The molecule has 0 bridgehead atoms. The number of imide groups is 1. The lowest BCUT2D eigenvalue weighted by atomic mass is 9.83. The lowest BCUT2D eigenvalue weighted by Gasteiger charge is -2.35. The summed E-state index contributed by atoms with van der Waals surface area (Å²) in [7, 11) is 0. The van der Waals surface area contributed by atoms with Crippen molar-refractivity contribution in [2.24, 2.45) is 11.8 Å². The highest BCUT2D eigenvalue weighted by Crippen LogP contribution is 2.53. The van der Waals surface area contributed by atoms with Crippen molar-refractivity contribution < 1.29 is 19.3 Å². The molecule has 8 heteroatoms. The number of non-ortho nitro benzene ring substituents is 1. The van der Waals surface area contributed by atoms with Gasteiger partial charge in [0.05, 0.1) is 29.3 Å². The van der Waals surface area contributed by atoms with Crippen LogP contribution in [0.15, 0.2) is 85.1 Å². The van der Waals surface area contributed by atoms with Crippen molar-refractivity contribution in [2.45, 2.75) is 18.6 Å². The first kappa shape index (κ1) is 21.9. The van der Waals surface area contributed by atoms with Crippen LogP contribution in [-0.2, 0) is 16.1 Å². The van der Waals surface area contributed by atoms with Crippen LogP contribution < -0.4 is 0 Å². The molecule has 178 valence electrons. The van der Waals surface area contributed by atoms with Crippen molar-refractivity contribution >= 4 is 29.4 Å². The van der Waals surface area contributed by atoms with Gasteiger partial charge in [0.25, 0.3) is 5.69 Å². The van der Waals surface area contributed by atoms with Gasteiger partial charge in [-0.25, -0.2) is 0 Å². The van der Waals surface area contributed by atoms with Crippen LogP contribution in [0.4, 0.5) is 5.69 Å². The van der Waals surface area contributed by atoms with Gasteiger partial charge in [-0.3, -0.25) is 29.4 Å². The quantitative estimate of drug-likeness (QED) is 0.237. The van der Waals surface area contributed by atoms with E-state index in [1.807, 2.05) is 65.6 Å². The first-order chi connectivity index (χ1) is 17.5. The molecule has 0 aromatic heterocycles. The average Bonchev–Trinajstić information content (AvgIpc) is 3.37.